The van der Waals surface area contributed by atoms with Gasteiger partial charge in [0.2, 0.25) is 0 Å². The van der Waals surface area contributed by atoms with E-state index in [1.165, 1.54) is 11.6 Å². The highest BCUT2D eigenvalue weighted by atomic mass is 32.1. The molecule has 3 heterocycles. The summed E-state index contributed by atoms with van der Waals surface area (Å²) in [4.78, 5) is 8.92. The van der Waals surface area contributed by atoms with E-state index in [0.717, 1.165) is 43.1 Å². The fourth-order valence-electron chi connectivity index (χ4n) is 4.30. The van der Waals surface area contributed by atoms with Crippen molar-refractivity contribution in [3.63, 3.8) is 0 Å². The van der Waals surface area contributed by atoms with Crippen molar-refractivity contribution in [1.82, 2.24) is 29.1 Å². The van der Waals surface area contributed by atoms with Crippen LogP contribution in [0.5, 0.6) is 0 Å². The molecule has 0 N–H and O–H groups in total. The first-order valence-electron chi connectivity index (χ1n) is 11.5. The summed E-state index contributed by atoms with van der Waals surface area (Å²) in [5.74, 6) is 0.684. The van der Waals surface area contributed by atoms with Gasteiger partial charge in [-0.3, -0.25) is 19.4 Å². The zero-order chi connectivity index (χ0) is 23.3. The lowest BCUT2D eigenvalue weighted by molar-refractivity contribution is 0.0974. The maximum Gasteiger partial charge on any atom is 0.199 e. The molecular weight excluding hydrogens is 447 g/mol. The van der Waals surface area contributed by atoms with Crippen molar-refractivity contribution < 1.29 is 4.39 Å². The topological polar surface area (TPSA) is 42.1 Å². The van der Waals surface area contributed by atoms with Crippen LogP contribution in [0.1, 0.15) is 11.1 Å². The van der Waals surface area contributed by atoms with E-state index in [1.54, 1.807) is 12.3 Å². The number of benzene rings is 2. The van der Waals surface area contributed by atoms with Crippen LogP contribution in [0.2, 0.25) is 0 Å². The molecule has 1 fully saturated rings. The van der Waals surface area contributed by atoms with Gasteiger partial charge >= 0.3 is 0 Å². The number of halogens is 1. The van der Waals surface area contributed by atoms with Crippen molar-refractivity contribution in [3.05, 3.63) is 101 Å². The molecule has 0 saturated carbocycles. The molecule has 5 rings (SSSR count). The first kappa shape index (κ1) is 22.6. The molecule has 0 spiro atoms. The number of pyridine rings is 1. The van der Waals surface area contributed by atoms with Gasteiger partial charge in [-0.1, -0.05) is 48.5 Å². The van der Waals surface area contributed by atoms with Gasteiger partial charge in [0, 0.05) is 56.2 Å². The van der Waals surface area contributed by atoms with Crippen molar-refractivity contribution >= 4 is 12.2 Å². The van der Waals surface area contributed by atoms with Crippen molar-refractivity contribution in [2.45, 2.75) is 19.8 Å². The summed E-state index contributed by atoms with van der Waals surface area (Å²) in [6.45, 7) is 5.43. The predicted octanol–water partition coefficient (Wildman–Crippen LogP) is 4.44. The molecule has 174 valence electrons. The highest BCUT2D eigenvalue weighted by Gasteiger charge is 2.20. The first-order chi connectivity index (χ1) is 16.7. The molecule has 2 aromatic heterocycles. The van der Waals surface area contributed by atoms with Gasteiger partial charge in [-0.25, -0.2) is 9.07 Å². The molecule has 0 bridgehead atoms. The second-order valence-corrected chi connectivity index (χ2v) is 8.91. The maximum absolute atomic E-state index is 14.0. The summed E-state index contributed by atoms with van der Waals surface area (Å²) in [6.07, 6.45) is 3.59. The van der Waals surface area contributed by atoms with E-state index in [4.69, 9.17) is 17.3 Å². The number of rotatable bonds is 7. The van der Waals surface area contributed by atoms with Crippen molar-refractivity contribution in [2.24, 2.45) is 0 Å². The normalized spacial score (nSPS) is 15.0. The van der Waals surface area contributed by atoms with Crippen molar-refractivity contribution in [2.75, 3.05) is 26.2 Å². The van der Waals surface area contributed by atoms with E-state index in [2.05, 4.69) is 31.5 Å². The molecule has 8 heteroatoms. The van der Waals surface area contributed by atoms with Gasteiger partial charge in [-0.05, 0) is 36.0 Å². The van der Waals surface area contributed by atoms with Gasteiger partial charge in [-0.15, -0.1) is 0 Å². The Kier molecular flexibility index (Phi) is 6.89. The molecule has 0 unspecified atom stereocenters. The fraction of sp³-hybridized carbons (Fsp3) is 0.269. The van der Waals surface area contributed by atoms with Gasteiger partial charge in [-0.2, -0.15) is 5.10 Å². The number of piperazine rings is 1. The van der Waals surface area contributed by atoms with Gasteiger partial charge in [0.05, 0.1) is 13.2 Å². The first-order valence-corrected chi connectivity index (χ1v) is 11.9. The predicted molar refractivity (Wildman–Crippen MR) is 133 cm³/mol. The van der Waals surface area contributed by atoms with Gasteiger partial charge in [0.1, 0.15) is 5.82 Å². The molecule has 1 saturated heterocycles. The van der Waals surface area contributed by atoms with Crippen LogP contribution in [0.3, 0.4) is 0 Å². The lowest BCUT2D eigenvalue weighted by Crippen LogP contribution is -2.46. The van der Waals surface area contributed by atoms with E-state index in [1.807, 2.05) is 53.3 Å². The quantitative estimate of drug-likeness (QED) is 0.371. The molecule has 2 aromatic carbocycles. The highest BCUT2D eigenvalue weighted by Crippen LogP contribution is 2.20. The van der Waals surface area contributed by atoms with Gasteiger partial charge in [0.15, 0.2) is 10.6 Å². The number of aromatic nitrogens is 4. The Hall–Kier alpha value is -3.20. The van der Waals surface area contributed by atoms with Crippen LogP contribution >= 0.6 is 12.2 Å². The summed E-state index contributed by atoms with van der Waals surface area (Å²) >= 11 is 5.87. The minimum absolute atomic E-state index is 0.136. The smallest absolute Gasteiger partial charge is 0.199 e. The summed E-state index contributed by atoms with van der Waals surface area (Å²) in [6, 6.07) is 21.2. The summed E-state index contributed by atoms with van der Waals surface area (Å²) in [5.41, 5.74) is 2.86. The highest BCUT2D eigenvalue weighted by molar-refractivity contribution is 7.71. The van der Waals surface area contributed by atoms with Crippen LogP contribution in [-0.2, 0) is 19.8 Å². The molecule has 1 aliphatic heterocycles. The van der Waals surface area contributed by atoms with E-state index in [0.29, 0.717) is 24.5 Å². The Morgan fingerprint density at radius 3 is 2.29 bits per heavy atom. The molecule has 6 nitrogen and oxygen atoms in total. The van der Waals surface area contributed by atoms with E-state index < -0.39 is 0 Å². The summed E-state index contributed by atoms with van der Waals surface area (Å²) in [5, 5.41) is 4.90. The van der Waals surface area contributed by atoms with Crippen LogP contribution in [0.4, 0.5) is 4.39 Å². The molecule has 0 radical (unpaired) electrons. The molecule has 0 amide bonds. The molecule has 0 aliphatic carbocycles. The van der Waals surface area contributed by atoms with Gasteiger partial charge < -0.3 is 0 Å². The zero-order valence-corrected chi connectivity index (χ0v) is 19.7. The lowest BCUT2D eigenvalue weighted by Gasteiger charge is -2.34. The van der Waals surface area contributed by atoms with Crippen LogP contribution < -0.4 is 0 Å². The molecular formula is C26H27FN6S. The molecule has 34 heavy (non-hydrogen) atoms. The second kappa shape index (κ2) is 10.4. The minimum atomic E-state index is -0.136. The Labute approximate surface area is 203 Å². The Morgan fingerprint density at radius 1 is 0.824 bits per heavy atom. The Bertz CT molecular complexity index is 1280. The van der Waals surface area contributed by atoms with Gasteiger partial charge in [0.25, 0.3) is 0 Å². The van der Waals surface area contributed by atoms with Crippen LogP contribution in [0.15, 0.2) is 79.1 Å². The third-order valence-electron chi connectivity index (χ3n) is 6.18. The molecule has 1 aliphatic rings. The third kappa shape index (κ3) is 5.14. The SMILES string of the molecule is Fc1ccccc1CN1CCN(Cn2nc(-c3cccnc3)n(Cc3ccccc3)c2=S)CC1. The number of hydrogen-bond donors (Lipinski definition) is 0. The van der Waals surface area contributed by atoms with E-state index in [-0.39, 0.29) is 5.82 Å². The fourth-order valence-corrected chi connectivity index (χ4v) is 4.55. The lowest BCUT2D eigenvalue weighted by atomic mass is 10.2. The monoisotopic (exact) mass is 474 g/mol. The Morgan fingerprint density at radius 2 is 1.56 bits per heavy atom. The average Bonchev–Trinajstić information content (AvgIpc) is 3.18. The molecule has 0 atom stereocenters. The minimum Gasteiger partial charge on any atom is -0.296 e. The summed E-state index contributed by atoms with van der Waals surface area (Å²) in [7, 11) is 0. The van der Waals surface area contributed by atoms with Crippen LogP contribution in [0, 0.1) is 10.6 Å². The maximum atomic E-state index is 14.0. The summed E-state index contributed by atoms with van der Waals surface area (Å²) < 4.78 is 18.7. The number of hydrogen-bond acceptors (Lipinski definition) is 5. The van der Waals surface area contributed by atoms with Crippen molar-refractivity contribution in [1.29, 1.82) is 0 Å². The average molecular weight is 475 g/mol. The van der Waals surface area contributed by atoms with E-state index in [9.17, 15) is 4.39 Å². The number of nitrogens with zero attached hydrogens (tertiary/aromatic N) is 6. The third-order valence-corrected chi connectivity index (χ3v) is 6.61. The van der Waals surface area contributed by atoms with Crippen LogP contribution in [-0.4, -0.2) is 55.3 Å². The standard InChI is InChI=1S/C26H27FN6S/c27-24-11-5-4-9-23(24)19-30-13-15-31(16-14-30)20-33-26(34)32(18-21-7-2-1-3-8-21)25(29-33)22-10-6-12-28-17-22/h1-12,17H,13-16,18-20H2. The van der Waals surface area contributed by atoms with E-state index >= 15 is 0 Å². The van der Waals surface area contributed by atoms with Crippen molar-refractivity contribution in [3.8, 4) is 11.4 Å². The second-order valence-electron chi connectivity index (χ2n) is 8.55. The zero-order valence-electron chi connectivity index (χ0n) is 18.9. The van der Waals surface area contributed by atoms with Crippen LogP contribution in [0.25, 0.3) is 11.4 Å². The Balaban J connectivity index is 1.31. The largest absolute Gasteiger partial charge is 0.296 e. The molecule has 4 aromatic rings.